The smallest absolute Gasteiger partial charge is 0.280 e. The zero-order valence-corrected chi connectivity index (χ0v) is 17.3. The van der Waals surface area contributed by atoms with Crippen molar-refractivity contribution in [2.45, 2.75) is 20.4 Å². The number of nitrogens with zero attached hydrogens (tertiary/aromatic N) is 5. The minimum Gasteiger partial charge on any atom is -0.280 e. The Bertz CT molecular complexity index is 1600. The molecular formula is C23H20FN5O2. The molecule has 0 spiro atoms. The van der Waals surface area contributed by atoms with Crippen molar-refractivity contribution in [1.29, 1.82) is 0 Å². The predicted octanol–water partition coefficient (Wildman–Crippen LogP) is 2.94. The van der Waals surface area contributed by atoms with Gasteiger partial charge in [0.1, 0.15) is 5.82 Å². The summed E-state index contributed by atoms with van der Waals surface area (Å²) in [5, 5.41) is 0. The van der Waals surface area contributed by atoms with Crippen LogP contribution in [0.5, 0.6) is 0 Å². The second kappa shape index (κ2) is 6.80. The topological polar surface area (TPSA) is 66.2 Å². The van der Waals surface area contributed by atoms with E-state index >= 15 is 0 Å². The molecule has 0 aliphatic heterocycles. The van der Waals surface area contributed by atoms with Gasteiger partial charge in [0.15, 0.2) is 11.2 Å². The van der Waals surface area contributed by atoms with Crippen LogP contribution in [0.15, 0.2) is 64.3 Å². The van der Waals surface area contributed by atoms with Crippen LogP contribution in [-0.2, 0) is 13.6 Å². The third-order valence-electron chi connectivity index (χ3n) is 5.71. The highest BCUT2D eigenvalue weighted by Gasteiger charge is 2.21. The lowest BCUT2D eigenvalue weighted by molar-refractivity contribution is 0.618. The molecule has 0 N–H and O–H groups in total. The van der Waals surface area contributed by atoms with Gasteiger partial charge < -0.3 is 0 Å². The SMILES string of the molecule is Cc1ccccc1Cn1c(=O)c2c(nc3n(-c4ccccc4F)c(C)cn23)n(C)c1=O. The Morgan fingerprint density at radius 1 is 1.00 bits per heavy atom. The van der Waals surface area contributed by atoms with E-state index < -0.39 is 17.1 Å². The van der Waals surface area contributed by atoms with Gasteiger partial charge in [-0.1, -0.05) is 36.4 Å². The number of rotatable bonds is 3. The first-order valence-corrected chi connectivity index (χ1v) is 9.88. The highest BCUT2D eigenvalue weighted by atomic mass is 19.1. The van der Waals surface area contributed by atoms with Crippen molar-refractivity contribution in [1.82, 2.24) is 23.1 Å². The molecule has 31 heavy (non-hydrogen) atoms. The Morgan fingerprint density at radius 2 is 1.71 bits per heavy atom. The Morgan fingerprint density at radius 3 is 2.45 bits per heavy atom. The number of imidazole rings is 2. The highest BCUT2D eigenvalue weighted by molar-refractivity contribution is 5.76. The molecule has 0 saturated carbocycles. The van der Waals surface area contributed by atoms with Crippen molar-refractivity contribution in [3.63, 3.8) is 0 Å². The van der Waals surface area contributed by atoms with Gasteiger partial charge in [0.25, 0.3) is 5.56 Å². The average Bonchev–Trinajstić information content (AvgIpc) is 3.26. The molecule has 0 amide bonds. The van der Waals surface area contributed by atoms with E-state index in [1.165, 1.54) is 15.2 Å². The summed E-state index contributed by atoms with van der Waals surface area (Å²) in [6, 6.07) is 14.0. The van der Waals surface area contributed by atoms with E-state index in [1.807, 2.05) is 38.1 Å². The molecule has 0 fully saturated rings. The molecule has 0 aliphatic rings. The number of fused-ring (bicyclic) bond motifs is 3. The van der Waals surface area contributed by atoms with Gasteiger partial charge in [-0.25, -0.2) is 9.18 Å². The van der Waals surface area contributed by atoms with Gasteiger partial charge in [0.2, 0.25) is 5.78 Å². The molecule has 7 nitrogen and oxygen atoms in total. The minimum atomic E-state index is -0.448. The van der Waals surface area contributed by atoms with E-state index in [0.29, 0.717) is 17.2 Å². The number of benzene rings is 2. The maximum atomic E-state index is 14.5. The monoisotopic (exact) mass is 417 g/mol. The fourth-order valence-electron chi connectivity index (χ4n) is 4.04. The molecule has 0 unspecified atom stereocenters. The molecule has 0 radical (unpaired) electrons. The molecule has 0 atom stereocenters. The summed E-state index contributed by atoms with van der Waals surface area (Å²) in [5.74, 6) is -0.0278. The predicted molar refractivity (Wildman–Crippen MR) is 117 cm³/mol. The maximum absolute atomic E-state index is 14.5. The van der Waals surface area contributed by atoms with E-state index in [0.717, 1.165) is 11.1 Å². The van der Waals surface area contributed by atoms with Crippen LogP contribution in [0.3, 0.4) is 0 Å². The third-order valence-corrected chi connectivity index (χ3v) is 5.71. The lowest BCUT2D eigenvalue weighted by Crippen LogP contribution is -2.39. The van der Waals surface area contributed by atoms with Crippen LogP contribution < -0.4 is 11.2 Å². The van der Waals surface area contributed by atoms with Crippen LogP contribution in [0, 0.1) is 19.7 Å². The van der Waals surface area contributed by atoms with Crippen molar-refractivity contribution in [3.8, 4) is 5.69 Å². The van der Waals surface area contributed by atoms with Gasteiger partial charge in [-0.3, -0.25) is 22.9 Å². The number of aryl methyl sites for hydroxylation is 3. The van der Waals surface area contributed by atoms with Gasteiger partial charge in [0.05, 0.1) is 12.2 Å². The highest BCUT2D eigenvalue weighted by Crippen LogP contribution is 2.22. The zero-order valence-electron chi connectivity index (χ0n) is 17.3. The quantitative estimate of drug-likeness (QED) is 0.453. The molecule has 5 rings (SSSR count). The lowest BCUT2D eigenvalue weighted by Gasteiger charge is -2.10. The van der Waals surface area contributed by atoms with E-state index in [9.17, 15) is 14.0 Å². The van der Waals surface area contributed by atoms with E-state index in [2.05, 4.69) is 4.98 Å². The number of halogens is 1. The van der Waals surface area contributed by atoms with Gasteiger partial charge >= 0.3 is 5.69 Å². The minimum absolute atomic E-state index is 0.161. The molecule has 3 aromatic heterocycles. The van der Waals surface area contributed by atoms with E-state index in [-0.39, 0.29) is 17.7 Å². The van der Waals surface area contributed by atoms with E-state index in [1.54, 1.807) is 40.4 Å². The molecular weight excluding hydrogens is 397 g/mol. The molecule has 3 heterocycles. The van der Waals surface area contributed by atoms with Crippen LogP contribution in [-0.4, -0.2) is 23.1 Å². The van der Waals surface area contributed by atoms with Gasteiger partial charge in [-0.15, -0.1) is 0 Å². The van der Waals surface area contributed by atoms with Crippen molar-refractivity contribution in [2.24, 2.45) is 7.05 Å². The Balaban J connectivity index is 1.83. The molecule has 5 aromatic rings. The number of para-hydroxylation sites is 1. The summed E-state index contributed by atoms with van der Waals surface area (Å²) >= 11 is 0. The van der Waals surface area contributed by atoms with Crippen LogP contribution >= 0.6 is 0 Å². The van der Waals surface area contributed by atoms with Crippen molar-refractivity contribution in [2.75, 3.05) is 0 Å². The standard InChI is InChI=1S/C23H20FN5O2/c1-14-8-4-5-9-16(14)13-28-21(30)19-20(26(3)23(28)31)25-22-27(19)12-15(2)29(22)18-11-7-6-10-17(18)24/h4-12H,13H2,1-3H3. The van der Waals surface area contributed by atoms with Crippen molar-refractivity contribution >= 4 is 16.9 Å². The number of hydrogen-bond donors (Lipinski definition) is 0. The van der Waals surface area contributed by atoms with Gasteiger partial charge in [0, 0.05) is 18.9 Å². The lowest BCUT2D eigenvalue weighted by atomic mass is 10.1. The fourth-order valence-corrected chi connectivity index (χ4v) is 4.04. The summed E-state index contributed by atoms with van der Waals surface area (Å²) in [5.41, 5.74) is 2.59. The summed E-state index contributed by atoms with van der Waals surface area (Å²) in [4.78, 5) is 31.0. The molecule has 2 aromatic carbocycles. The van der Waals surface area contributed by atoms with Crippen LogP contribution in [0.25, 0.3) is 22.6 Å². The molecule has 0 saturated heterocycles. The van der Waals surface area contributed by atoms with Crippen molar-refractivity contribution in [3.05, 3.63) is 98.2 Å². The number of aromatic nitrogens is 5. The Kier molecular flexibility index (Phi) is 4.18. The molecule has 8 heteroatoms. The molecule has 0 bridgehead atoms. The maximum Gasteiger partial charge on any atom is 0.332 e. The molecule has 156 valence electrons. The fraction of sp³-hybridized carbons (Fsp3) is 0.174. The first-order chi connectivity index (χ1) is 14.9. The number of hydrogen-bond acceptors (Lipinski definition) is 3. The summed E-state index contributed by atoms with van der Waals surface area (Å²) in [7, 11) is 1.59. The van der Waals surface area contributed by atoms with Crippen LogP contribution in [0.4, 0.5) is 4.39 Å². The van der Waals surface area contributed by atoms with Gasteiger partial charge in [-0.2, -0.15) is 4.98 Å². The summed E-state index contributed by atoms with van der Waals surface area (Å²) < 4.78 is 20.4. The largest absolute Gasteiger partial charge is 0.332 e. The second-order valence-corrected chi connectivity index (χ2v) is 7.67. The first kappa shape index (κ1) is 19.0. The Labute approximate surface area is 176 Å². The van der Waals surface area contributed by atoms with Crippen LogP contribution in [0.2, 0.25) is 0 Å². The third kappa shape index (κ3) is 2.75. The first-order valence-electron chi connectivity index (χ1n) is 9.88. The van der Waals surface area contributed by atoms with Crippen LogP contribution in [0.1, 0.15) is 16.8 Å². The second-order valence-electron chi connectivity index (χ2n) is 7.67. The summed E-state index contributed by atoms with van der Waals surface area (Å²) in [6.07, 6.45) is 1.74. The normalized spacial score (nSPS) is 11.6. The Hall–Kier alpha value is -3.94. The summed E-state index contributed by atoms with van der Waals surface area (Å²) in [6.45, 7) is 3.92. The zero-order chi connectivity index (χ0) is 21.9. The molecule has 0 aliphatic carbocycles. The average molecular weight is 417 g/mol. The van der Waals surface area contributed by atoms with Crippen molar-refractivity contribution < 1.29 is 4.39 Å². The van der Waals surface area contributed by atoms with Gasteiger partial charge in [-0.05, 0) is 37.1 Å². The van der Waals surface area contributed by atoms with E-state index in [4.69, 9.17) is 0 Å².